The molecule has 1 aromatic carbocycles. The van der Waals surface area contributed by atoms with Crippen LogP contribution in [0.2, 0.25) is 10.0 Å². The van der Waals surface area contributed by atoms with E-state index in [1.807, 2.05) is 0 Å². The monoisotopic (exact) mass is 330 g/mol. The molecular formula is C16H20Cl2O3. The van der Waals surface area contributed by atoms with E-state index in [1.165, 1.54) is 12.8 Å². The van der Waals surface area contributed by atoms with Crippen molar-refractivity contribution in [3.63, 3.8) is 0 Å². The van der Waals surface area contributed by atoms with Gasteiger partial charge in [-0.3, -0.25) is 0 Å². The predicted molar refractivity (Wildman–Crippen MR) is 83.2 cm³/mol. The molecule has 0 amide bonds. The summed E-state index contributed by atoms with van der Waals surface area (Å²) >= 11 is 12.2. The first-order valence-electron chi connectivity index (χ1n) is 7.51. The Morgan fingerprint density at radius 3 is 2.76 bits per heavy atom. The third-order valence-electron chi connectivity index (χ3n) is 4.50. The van der Waals surface area contributed by atoms with Crippen molar-refractivity contribution in [3.8, 4) is 5.75 Å². The molecular weight excluding hydrogens is 311 g/mol. The summed E-state index contributed by atoms with van der Waals surface area (Å²) in [6, 6.07) is 3.36. The molecule has 3 rings (SSSR count). The topological polar surface area (TPSA) is 38.7 Å². The van der Waals surface area contributed by atoms with Crippen molar-refractivity contribution in [1.82, 2.24) is 0 Å². The Labute approximate surface area is 135 Å². The van der Waals surface area contributed by atoms with Gasteiger partial charge in [0.25, 0.3) is 0 Å². The average molecular weight is 331 g/mol. The molecule has 116 valence electrons. The summed E-state index contributed by atoms with van der Waals surface area (Å²) in [6.07, 6.45) is 6.54. The van der Waals surface area contributed by atoms with Gasteiger partial charge in [-0.1, -0.05) is 36.0 Å². The first kappa shape index (κ1) is 15.4. The van der Waals surface area contributed by atoms with E-state index in [9.17, 15) is 5.11 Å². The van der Waals surface area contributed by atoms with Gasteiger partial charge in [0.2, 0.25) is 0 Å². The van der Waals surface area contributed by atoms with Crippen molar-refractivity contribution in [1.29, 1.82) is 0 Å². The zero-order valence-corrected chi connectivity index (χ0v) is 13.4. The van der Waals surface area contributed by atoms with Crippen LogP contribution in [0.25, 0.3) is 0 Å². The van der Waals surface area contributed by atoms with Crippen molar-refractivity contribution in [2.45, 2.75) is 56.8 Å². The van der Waals surface area contributed by atoms with Gasteiger partial charge in [0.05, 0.1) is 23.8 Å². The summed E-state index contributed by atoms with van der Waals surface area (Å²) in [6.45, 7) is 0.592. The fraction of sp³-hybridized carbons (Fsp3) is 0.625. The molecule has 21 heavy (non-hydrogen) atoms. The summed E-state index contributed by atoms with van der Waals surface area (Å²) < 4.78 is 12.1. The summed E-state index contributed by atoms with van der Waals surface area (Å²) in [5.41, 5.74) is 0.640. The van der Waals surface area contributed by atoms with Gasteiger partial charge in [-0.2, -0.15) is 0 Å². The molecule has 1 unspecified atom stereocenters. The van der Waals surface area contributed by atoms with Crippen LogP contribution in [0.3, 0.4) is 0 Å². The van der Waals surface area contributed by atoms with Gasteiger partial charge in [0, 0.05) is 23.4 Å². The lowest BCUT2D eigenvalue weighted by Gasteiger charge is -2.38. The van der Waals surface area contributed by atoms with Crippen molar-refractivity contribution in [2.75, 3.05) is 6.61 Å². The maximum absolute atomic E-state index is 9.48. The lowest BCUT2D eigenvalue weighted by Crippen LogP contribution is -2.41. The number of halogens is 2. The van der Waals surface area contributed by atoms with Gasteiger partial charge in [-0.05, 0) is 25.0 Å². The third kappa shape index (κ3) is 3.31. The van der Waals surface area contributed by atoms with E-state index in [2.05, 4.69) is 0 Å². The van der Waals surface area contributed by atoms with Gasteiger partial charge in [0.15, 0.2) is 0 Å². The van der Waals surface area contributed by atoms with E-state index in [0.29, 0.717) is 21.4 Å². The highest BCUT2D eigenvalue weighted by Crippen LogP contribution is 2.42. The second kappa shape index (κ2) is 6.33. The molecule has 1 saturated heterocycles. The SMILES string of the molecule is OCc1cc(Cl)cc(Cl)c1OC1CCOC2(CCCC2)C1. The van der Waals surface area contributed by atoms with Crippen LogP contribution in [0, 0.1) is 0 Å². The van der Waals surface area contributed by atoms with Gasteiger partial charge in [-0.25, -0.2) is 0 Å². The molecule has 0 aromatic heterocycles. The second-order valence-electron chi connectivity index (χ2n) is 6.01. The standard InChI is InChI=1S/C16H20Cl2O3/c17-12-7-11(10-19)15(14(18)8-12)21-13-3-6-20-16(9-13)4-1-2-5-16/h7-8,13,19H,1-6,9-10H2. The molecule has 1 N–H and O–H groups in total. The minimum absolute atomic E-state index is 0.00119. The van der Waals surface area contributed by atoms with Crippen LogP contribution >= 0.6 is 23.2 Å². The number of hydrogen-bond acceptors (Lipinski definition) is 3. The second-order valence-corrected chi connectivity index (χ2v) is 6.85. The quantitative estimate of drug-likeness (QED) is 0.895. The van der Waals surface area contributed by atoms with E-state index >= 15 is 0 Å². The molecule has 1 aliphatic carbocycles. The molecule has 0 bridgehead atoms. The smallest absolute Gasteiger partial charge is 0.143 e. The summed E-state index contributed by atoms with van der Waals surface area (Å²) in [4.78, 5) is 0. The maximum Gasteiger partial charge on any atom is 0.143 e. The Kier molecular flexibility index (Phi) is 4.65. The fourth-order valence-corrected chi connectivity index (χ4v) is 4.06. The normalized spacial score (nSPS) is 24.4. The molecule has 1 saturated carbocycles. The molecule has 1 aliphatic heterocycles. The van der Waals surface area contributed by atoms with Crippen LogP contribution in [0.4, 0.5) is 0 Å². The van der Waals surface area contributed by atoms with Crippen LogP contribution < -0.4 is 4.74 Å². The first-order valence-corrected chi connectivity index (χ1v) is 8.27. The molecule has 1 spiro atoms. The van der Waals surface area contributed by atoms with E-state index in [4.69, 9.17) is 32.7 Å². The number of rotatable bonds is 3. The summed E-state index contributed by atoms with van der Waals surface area (Å²) in [7, 11) is 0. The van der Waals surface area contributed by atoms with E-state index in [1.54, 1.807) is 12.1 Å². The van der Waals surface area contributed by atoms with Crippen molar-refractivity contribution >= 4 is 23.2 Å². The Morgan fingerprint density at radius 2 is 2.05 bits per heavy atom. The highest BCUT2D eigenvalue weighted by atomic mass is 35.5. The highest BCUT2D eigenvalue weighted by Gasteiger charge is 2.41. The van der Waals surface area contributed by atoms with Crippen LogP contribution in [0.5, 0.6) is 5.75 Å². The zero-order valence-electron chi connectivity index (χ0n) is 11.9. The number of ether oxygens (including phenoxy) is 2. The van der Waals surface area contributed by atoms with Crippen molar-refractivity contribution < 1.29 is 14.6 Å². The number of benzene rings is 1. The Bertz CT molecular complexity index is 512. The van der Waals surface area contributed by atoms with Gasteiger partial charge in [0.1, 0.15) is 11.9 Å². The Balaban J connectivity index is 1.77. The minimum Gasteiger partial charge on any atom is -0.488 e. The zero-order chi connectivity index (χ0) is 14.9. The summed E-state index contributed by atoms with van der Waals surface area (Å²) in [5, 5.41) is 10.4. The first-order chi connectivity index (χ1) is 10.1. The van der Waals surface area contributed by atoms with Gasteiger partial charge >= 0.3 is 0 Å². The van der Waals surface area contributed by atoms with Crippen LogP contribution in [-0.4, -0.2) is 23.4 Å². The Morgan fingerprint density at radius 1 is 1.29 bits per heavy atom. The predicted octanol–water partition coefficient (Wildman–Crippen LogP) is 4.36. The van der Waals surface area contributed by atoms with Crippen LogP contribution in [0.15, 0.2) is 12.1 Å². The lowest BCUT2D eigenvalue weighted by atomic mass is 9.90. The van der Waals surface area contributed by atoms with E-state index < -0.39 is 0 Å². The van der Waals surface area contributed by atoms with Gasteiger partial charge < -0.3 is 14.6 Å². The average Bonchev–Trinajstić information content (AvgIpc) is 2.89. The largest absolute Gasteiger partial charge is 0.488 e. The van der Waals surface area contributed by atoms with Crippen molar-refractivity contribution in [2.24, 2.45) is 0 Å². The molecule has 1 atom stereocenters. The molecule has 0 radical (unpaired) electrons. The number of aliphatic hydroxyl groups excluding tert-OH is 1. The molecule has 1 heterocycles. The van der Waals surface area contributed by atoms with Crippen molar-refractivity contribution in [3.05, 3.63) is 27.7 Å². The number of hydrogen-bond donors (Lipinski definition) is 1. The molecule has 2 aliphatic rings. The minimum atomic E-state index is -0.135. The highest BCUT2D eigenvalue weighted by molar-refractivity contribution is 6.35. The number of aliphatic hydroxyl groups is 1. The van der Waals surface area contributed by atoms with Crippen LogP contribution in [-0.2, 0) is 11.3 Å². The van der Waals surface area contributed by atoms with E-state index in [0.717, 1.165) is 32.3 Å². The maximum atomic E-state index is 9.48. The third-order valence-corrected chi connectivity index (χ3v) is 5.00. The summed E-state index contributed by atoms with van der Waals surface area (Å²) in [5.74, 6) is 0.559. The lowest BCUT2D eigenvalue weighted by molar-refractivity contribution is -0.108. The molecule has 5 heteroatoms. The molecule has 2 fully saturated rings. The fourth-order valence-electron chi connectivity index (χ4n) is 3.48. The van der Waals surface area contributed by atoms with E-state index in [-0.39, 0.29) is 18.3 Å². The molecule has 3 nitrogen and oxygen atoms in total. The molecule has 1 aromatic rings. The van der Waals surface area contributed by atoms with Gasteiger partial charge in [-0.15, -0.1) is 0 Å². The van der Waals surface area contributed by atoms with Crippen LogP contribution in [0.1, 0.15) is 44.1 Å². The Hall–Kier alpha value is -0.480.